The molecule has 0 unspecified atom stereocenters. The fourth-order valence-electron chi connectivity index (χ4n) is 2.34. The van der Waals surface area contributed by atoms with E-state index in [0.717, 1.165) is 29.8 Å². The summed E-state index contributed by atoms with van der Waals surface area (Å²) in [7, 11) is 0. The van der Waals surface area contributed by atoms with Crippen LogP contribution in [0.25, 0.3) is 0 Å². The molecule has 1 aliphatic rings. The first-order valence-electron chi connectivity index (χ1n) is 6.53. The van der Waals surface area contributed by atoms with Gasteiger partial charge in [0.15, 0.2) is 5.78 Å². The van der Waals surface area contributed by atoms with Crippen LogP contribution in [0.2, 0.25) is 0 Å². The van der Waals surface area contributed by atoms with Gasteiger partial charge in [0.25, 0.3) is 0 Å². The number of benzene rings is 1. The van der Waals surface area contributed by atoms with Crippen LogP contribution < -0.4 is 10.9 Å². The number of hydrogen-bond acceptors (Lipinski definition) is 4. The normalized spacial score (nSPS) is 12.5. The molecule has 0 fully saturated rings. The molecule has 1 aromatic carbocycles. The number of aromatic nitrogens is 2. The first-order valence-corrected chi connectivity index (χ1v) is 6.53. The number of hydrogen-bond donors (Lipinski definition) is 1. The van der Waals surface area contributed by atoms with Crippen molar-refractivity contribution in [3.63, 3.8) is 0 Å². The molecule has 0 saturated heterocycles. The predicted molar refractivity (Wildman–Crippen MR) is 79.3 cm³/mol. The van der Waals surface area contributed by atoms with Gasteiger partial charge in [0.2, 0.25) is 0 Å². The van der Waals surface area contributed by atoms with E-state index >= 15 is 0 Å². The Hall–Kier alpha value is -1.52. The Labute approximate surface area is 145 Å². The summed E-state index contributed by atoms with van der Waals surface area (Å²) in [6.45, 7) is 1.72. The van der Waals surface area contributed by atoms with E-state index in [0.29, 0.717) is 5.56 Å². The van der Waals surface area contributed by atoms with E-state index in [4.69, 9.17) is 0 Å². The van der Waals surface area contributed by atoms with Crippen molar-refractivity contribution in [1.29, 1.82) is 0 Å². The van der Waals surface area contributed by atoms with Crippen molar-refractivity contribution < 1.29 is 25.9 Å². The van der Waals surface area contributed by atoms with Crippen LogP contribution in [0.3, 0.4) is 0 Å². The molecule has 2 heterocycles. The smallest absolute Gasteiger partial charge is 0.182 e. The van der Waals surface area contributed by atoms with Crippen LogP contribution in [0.1, 0.15) is 21.5 Å². The number of carbonyl (C=O) groups excluding carboxylic acids is 1. The summed E-state index contributed by atoms with van der Waals surface area (Å²) in [5, 5.41) is 7.13. The molecular weight excluding hydrogens is 449 g/mol. The zero-order chi connectivity index (χ0) is 13.9. The molecule has 0 bridgehead atoms. The van der Waals surface area contributed by atoms with Crippen molar-refractivity contribution in [1.82, 2.24) is 15.1 Å². The zero-order valence-electron chi connectivity index (χ0n) is 11.9. The quantitative estimate of drug-likeness (QED) is 0.402. The number of fused-ring (bicyclic) bond motifs is 1. The molecule has 7 heteroatoms. The van der Waals surface area contributed by atoms with Crippen molar-refractivity contribution in [2.75, 3.05) is 6.54 Å². The van der Waals surface area contributed by atoms with E-state index in [2.05, 4.69) is 16.5 Å². The molecule has 3 rings (SSSR count). The summed E-state index contributed by atoms with van der Waals surface area (Å²) in [6.07, 6.45) is 2.37. The molecule has 1 N–H and O–H groups in total. The van der Waals surface area contributed by atoms with Gasteiger partial charge >= 0.3 is 0 Å². The second-order valence-electron chi connectivity index (χ2n) is 4.78. The molecule has 0 spiro atoms. The number of nitrogens with one attached hydrogen (secondary N) is 1. The molecule has 0 atom stereocenters. The van der Waals surface area contributed by atoms with Crippen LogP contribution in [-0.4, -0.2) is 30.5 Å². The van der Waals surface area contributed by atoms with Gasteiger partial charge < -0.3 is 14.8 Å². The van der Waals surface area contributed by atoms with Gasteiger partial charge in [-0.1, -0.05) is 12.1 Å². The third kappa shape index (κ3) is 4.02. The first kappa shape index (κ1) is 18.5. The minimum absolute atomic E-state index is 0. The van der Waals surface area contributed by atoms with Gasteiger partial charge in [0.1, 0.15) is 5.56 Å². The first-order chi connectivity index (χ1) is 9.74. The maximum absolute atomic E-state index is 12.2. The maximum Gasteiger partial charge on any atom is 0.182 e. The van der Waals surface area contributed by atoms with Crippen molar-refractivity contribution in [2.45, 2.75) is 19.5 Å². The molecule has 0 aliphatic carbocycles. The minimum atomic E-state index is -0.319. The number of Topliss-reactive ketones (excluding diaryl/α,β-unsaturated/α-hetero) is 1. The Morgan fingerprint density at radius 1 is 1.36 bits per heavy atom. The number of rotatable bonds is 3. The molecule has 1 aromatic heterocycles. The molecule has 2 aromatic rings. The number of ketones is 1. The van der Waals surface area contributed by atoms with E-state index in [1.807, 2.05) is 18.2 Å². The second kappa shape index (κ2) is 8.20. The van der Waals surface area contributed by atoms with Crippen LogP contribution in [-0.2, 0) is 40.6 Å². The molecule has 22 heavy (non-hydrogen) atoms. The summed E-state index contributed by atoms with van der Waals surface area (Å²) in [6, 6.07) is 9.60. The maximum atomic E-state index is 12.2. The van der Waals surface area contributed by atoms with Gasteiger partial charge in [-0.2, -0.15) is 6.07 Å². The summed E-state index contributed by atoms with van der Waals surface area (Å²) >= 11 is 0. The van der Waals surface area contributed by atoms with E-state index in [1.165, 1.54) is 17.8 Å². The molecule has 111 valence electrons. The van der Waals surface area contributed by atoms with Crippen LogP contribution in [0.4, 0.5) is 0 Å². The molecule has 0 saturated carbocycles. The molecule has 5 nitrogen and oxygen atoms in total. The third-order valence-electron chi connectivity index (χ3n) is 3.44. The van der Waals surface area contributed by atoms with Crippen LogP contribution in [0.15, 0.2) is 35.3 Å². The predicted octanol–water partition coefficient (Wildman–Crippen LogP) is 0.189. The summed E-state index contributed by atoms with van der Waals surface area (Å²) in [5.74, 6) is -0.112. The minimum Gasteiger partial charge on any atom is -0.381 e. The molecular formula is C15H14BN3O2W-. The summed E-state index contributed by atoms with van der Waals surface area (Å²) < 4.78 is 1.15. The zero-order valence-corrected chi connectivity index (χ0v) is 14.8. The second-order valence-corrected chi connectivity index (χ2v) is 4.78. The Morgan fingerprint density at radius 2 is 2.18 bits per heavy atom. The fourth-order valence-corrected chi connectivity index (χ4v) is 2.34. The Kier molecular flexibility index (Phi) is 6.91. The third-order valence-corrected chi connectivity index (χ3v) is 3.44. The van der Waals surface area contributed by atoms with Crippen LogP contribution >= 0.6 is 0 Å². The summed E-state index contributed by atoms with van der Waals surface area (Å²) in [4.78, 5) is 23.7. The van der Waals surface area contributed by atoms with Gasteiger partial charge in [-0.05, 0) is 36.4 Å². The van der Waals surface area contributed by atoms with Gasteiger partial charge in [-0.15, -0.1) is 0 Å². The van der Waals surface area contributed by atoms with Crippen molar-refractivity contribution in [3.8, 4) is 0 Å². The van der Waals surface area contributed by atoms with Gasteiger partial charge in [0, 0.05) is 41.6 Å². The van der Waals surface area contributed by atoms with Gasteiger partial charge in [-0.3, -0.25) is 4.79 Å². The van der Waals surface area contributed by atoms with Crippen molar-refractivity contribution in [3.05, 3.63) is 63.6 Å². The molecule has 0 amide bonds. The van der Waals surface area contributed by atoms with Crippen LogP contribution in [0, 0.1) is 6.07 Å². The monoisotopic (exact) mass is 463 g/mol. The van der Waals surface area contributed by atoms with Crippen molar-refractivity contribution in [2.24, 2.45) is 0 Å². The molecule has 1 aliphatic heterocycles. The Morgan fingerprint density at radius 3 is 2.95 bits per heavy atom. The number of nitrogens with zero attached hydrogens (tertiary/aromatic N) is 2. The fraction of sp³-hybridized carbons (Fsp3) is 0.267. The average Bonchev–Trinajstić information content (AvgIpc) is 2.49. The van der Waals surface area contributed by atoms with E-state index in [1.54, 1.807) is 0 Å². The largest absolute Gasteiger partial charge is 0.381 e. The Bertz CT molecular complexity index is 718. The van der Waals surface area contributed by atoms with E-state index in [-0.39, 0.29) is 47.4 Å². The van der Waals surface area contributed by atoms with E-state index in [9.17, 15) is 9.59 Å². The standard InChI is InChI=1S/C15H14N3O2.B.W/c19-14(10-18-15(20)2-1-6-17-18)12-4-3-11-5-7-16-9-13(11)8-12;;/h2-4,6,8,16H,5,7,9-10H2;;/q-1;;. The van der Waals surface area contributed by atoms with Gasteiger partial charge in [-0.25, -0.2) is 11.2 Å². The van der Waals surface area contributed by atoms with Gasteiger partial charge in [0.05, 0.1) is 6.54 Å². The van der Waals surface area contributed by atoms with Crippen molar-refractivity contribution >= 4 is 14.2 Å². The van der Waals surface area contributed by atoms with E-state index < -0.39 is 0 Å². The Balaban J connectivity index is 0.00000121. The molecule has 3 radical (unpaired) electrons. The SMILES string of the molecule is O=C(Cn1nc[c-]cc1=O)c1ccc2c(c1)CNCC2.[B].[W]. The average molecular weight is 463 g/mol. The summed E-state index contributed by atoms with van der Waals surface area (Å²) in [5.41, 5.74) is 2.74. The topological polar surface area (TPSA) is 64.0 Å². The van der Waals surface area contributed by atoms with Crippen LogP contribution in [0.5, 0.6) is 0 Å². The number of carbonyl (C=O) groups is 1.